The molecule has 1 fully saturated rings. The van der Waals surface area contributed by atoms with Crippen molar-refractivity contribution in [2.24, 2.45) is 0 Å². The fourth-order valence-corrected chi connectivity index (χ4v) is 3.13. The monoisotopic (exact) mass is 366 g/mol. The van der Waals surface area contributed by atoms with Crippen molar-refractivity contribution in [3.8, 4) is 0 Å². The van der Waals surface area contributed by atoms with Crippen LogP contribution < -0.4 is 5.32 Å². The highest BCUT2D eigenvalue weighted by Crippen LogP contribution is 2.28. The molecule has 26 heavy (non-hydrogen) atoms. The van der Waals surface area contributed by atoms with Gasteiger partial charge < -0.3 is 10.2 Å². The van der Waals surface area contributed by atoms with Gasteiger partial charge in [-0.05, 0) is 37.4 Å². The molecule has 1 saturated heterocycles. The summed E-state index contributed by atoms with van der Waals surface area (Å²) in [5.41, 5.74) is 0.757. The van der Waals surface area contributed by atoms with E-state index in [9.17, 15) is 18.0 Å². The minimum Gasteiger partial charge on any atom is -0.331 e. The molecule has 1 atom stereocenters. The number of amides is 1. The normalized spacial score (nSPS) is 17.5. The van der Waals surface area contributed by atoms with Gasteiger partial charge in [0.05, 0.1) is 0 Å². The molecule has 0 saturated carbocycles. The number of halogens is 3. The number of rotatable bonds is 5. The van der Waals surface area contributed by atoms with E-state index >= 15 is 0 Å². The molecular weight excluding hydrogens is 345 g/mol. The second-order valence-electron chi connectivity index (χ2n) is 6.57. The van der Waals surface area contributed by atoms with Gasteiger partial charge in [-0.1, -0.05) is 24.3 Å². The average molecular weight is 366 g/mol. The zero-order valence-electron chi connectivity index (χ0n) is 14.4. The fourth-order valence-electron chi connectivity index (χ4n) is 3.13. The number of hydrogen-bond donors (Lipinski definition) is 2. The summed E-state index contributed by atoms with van der Waals surface area (Å²) in [6.45, 7) is 3.60. The van der Waals surface area contributed by atoms with Gasteiger partial charge in [0.25, 0.3) is 5.91 Å². The minimum atomic E-state index is -4.56. The highest BCUT2D eigenvalue weighted by molar-refractivity contribution is 5.92. The van der Waals surface area contributed by atoms with E-state index in [1.165, 1.54) is 0 Å². The van der Waals surface area contributed by atoms with Gasteiger partial charge in [-0.15, -0.1) is 0 Å². The third-order valence-corrected chi connectivity index (χ3v) is 4.62. The maximum absolute atomic E-state index is 12.8. The highest BCUT2D eigenvalue weighted by Gasteiger charge is 2.34. The van der Waals surface area contributed by atoms with Crippen molar-refractivity contribution >= 4 is 5.91 Å². The molecule has 2 heterocycles. The number of carbonyl (C=O) groups excluding carboxylic acids is 1. The van der Waals surface area contributed by atoms with Crippen LogP contribution in [0.2, 0.25) is 0 Å². The van der Waals surface area contributed by atoms with Crippen LogP contribution in [0.5, 0.6) is 0 Å². The van der Waals surface area contributed by atoms with E-state index in [0.717, 1.165) is 36.6 Å². The molecule has 0 aliphatic carbocycles. The van der Waals surface area contributed by atoms with Crippen LogP contribution in [-0.4, -0.2) is 40.1 Å². The number of alkyl halides is 3. The predicted octanol–water partition coefficient (Wildman–Crippen LogP) is 3.13. The van der Waals surface area contributed by atoms with Gasteiger partial charge in [-0.25, -0.2) is 0 Å². The van der Waals surface area contributed by atoms with E-state index in [-0.39, 0.29) is 11.7 Å². The Labute approximate surface area is 149 Å². The van der Waals surface area contributed by atoms with Crippen molar-refractivity contribution < 1.29 is 18.0 Å². The van der Waals surface area contributed by atoms with Crippen LogP contribution in [0.4, 0.5) is 13.2 Å². The molecular formula is C18H21F3N4O. The Hall–Kier alpha value is -2.35. The fraction of sp³-hybridized carbons (Fsp3) is 0.444. The zero-order chi connectivity index (χ0) is 18.7. The van der Waals surface area contributed by atoms with Gasteiger partial charge in [-0.2, -0.15) is 18.3 Å². The first-order valence-corrected chi connectivity index (χ1v) is 8.54. The second kappa shape index (κ2) is 7.49. The maximum Gasteiger partial charge on any atom is 0.432 e. The number of aryl methyl sites for hydroxylation is 1. The molecule has 8 heteroatoms. The van der Waals surface area contributed by atoms with Gasteiger partial charge in [0, 0.05) is 25.2 Å². The van der Waals surface area contributed by atoms with Crippen molar-refractivity contribution in [3.05, 3.63) is 52.8 Å². The Kier molecular flexibility index (Phi) is 5.31. The van der Waals surface area contributed by atoms with Crippen LogP contribution in [-0.2, 0) is 12.7 Å². The first kappa shape index (κ1) is 18.4. The van der Waals surface area contributed by atoms with E-state index in [0.29, 0.717) is 13.1 Å². The quantitative estimate of drug-likeness (QED) is 0.855. The van der Waals surface area contributed by atoms with Gasteiger partial charge in [0.2, 0.25) is 0 Å². The van der Waals surface area contributed by atoms with Gasteiger partial charge in [0.1, 0.15) is 5.69 Å². The Bertz CT molecular complexity index is 766. The Morgan fingerprint density at radius 3 is 2.73 bits per heavy atom. The summed E-state index contributed by atoms with van der Waals surface area (Å²) in [6, 6.07) is 8.58. The number of benzene rings is 1. The molecule has 2 aromatic rings. The summed E-state index contributed by atoms with van der Waals surface area (Å²) in [5.74, 6) is -0.506. The van der Waals surface area contributed by atoms with Crippen molar-refractivity contribution in [2.45, 2.75) is 38.5 Å². The molecule has 1 unspecified atom stereocenters. The van der Waals surface area contributed by atoms with Crippen molar-refractivity contribution in [1.82, 2.24) is 20.4 Å². The third kappa shape index (κ3) is 4.24. The summed E-state index contributed by atoms with van der Waals surface area (Å²) in [4.78, 5) is 14.4. The summed E-state index contributed by atoms with van der Waals surface area (Å²) < 4.78 is 38.4. The SMILES string of the molecule is Cc1ccccc1CN(CC1CCCN1)C(=O)c1cc(C(F)(F)F)[nH]n1. The topological polar surface area (TPSA) is 61.0 Å². The summed E-state index contributed by atoms with van der Waals surface area (Å²) in [5, 5.41) is 8.82. The smallest absolute Gasteiger partial charge is 0.331 e. The molecule has 1 aliphatic heterocycles. The first-order chi connectivity index (χ1) is 12.3. The molecule has 2 N–H and O–H groups in total. The van der Waals surface area contributed by atoms with Crippen molar-refractivity contribution in [1.29, 1.82) is 0 Å². The number of carbonyl (C=O) groups is 1. The minimum absolute atomic E-state index is 0.143. The molecule has 1 aromatic heterocycles. The van der Waals surface area contributed by atoms with Crippen LogP contribution in [0.1, 0.15) is 40.2 Å². The molecule has 1 amide bonds. The number of hydrogen-bond acceptors (Lipinski definition) is 3. The standard InChI is InChI=1S/C18H21F3N4O/c1-12-5-2-3-6-13(12)10-25(11-14-7-4-8-22-14)17(26)15-9-16(24-23-15)18(19,20)21/h2-3,5-6,9,14,22H,4,7-8,10-11H2,1H3,(H,23,24). The molecule has 1 aromatic carbocycles. The molecule has 140 valence electrons. The van der Waals surface area contributed by atoms with Crippen molar-refractivity contribution in [2.75, 3.05) is 13.1 Å². The summed E-state index contributed by atoms with van der Waals surface area (Å²) in [7, 11) is 0. The zero-order valence-corrected chi connectivity index (χ0v) is 14.4. The number of nitrogens with zero attached hydrogens (tertiary/aromatic N) is 2. The van der Waals surface area contributed by atoms with E-state index < -0.39 is 17.8 Å². The Morgan fingerprint density at radius 1 is 1.35 bits per heavy atom. The van der Waals surface area contributed by atoms with Gasteiger partial charge in [0.15, 0.2) is 5.69 Å². The number of H-pyrrole nitrogens is 1. The third-order valence-electron chi connectivity index (χ3n) is 4.62. The molecule has 1 aliphatic rings. The Balaban J connectivity index is 1.82. The van der Waals surface area contributed by atoms with Crippen LogP contribution in [0.25, 0.3) is 0 Å². The molecule has 0 spiro atoms. The largest absolute Gasteiger partial charge is 0.432 e. The van der Waals surface area contributed by atoms with E-state index in [2.05, 4.69) is 10.4 Å². The van der Waals surface area contributed by atoms with Crippen LogP contribution in [0, 0.1) is 6.92 Å². The number of aromatic nitrogens is 2. The van der Waals surface area contributed by atoms with Gasteiger partial charge >= 0.3 is 6.18 Å². The lowest BCUT2D eigenvalue weighted by Gasteiger charge is -2.26. The molecule has 5 nitrogen and oxygen atoms in total. The lowest BCUT2D eigenvalue weighted by Crippen LogP contribution is -2.41. The van der Waals surface area contributed by atoms with Crippen molar-refractivity contribution in [3.63, 3.8) is 0 Å². The highest BCUT2D eigenvalue weighted by atomic mass is 19.4. The average Bonchev–Trinajstić information content (AvgIpc) is 3.26. The lowest BCUT2D eigenvalue weighted by molar-refractivity contribution is -0.141. The predicted molar refractivity (Wildman–Crippen MR) is 90.5 cm³/mol. The second-order valence-corrected chi connectivity index (χ2v) is 6.57. The van der Waals surface area contributed by atoms with E-state index in [1.807, 2.05) is 36.3 Å². The Morgan fingerprint density at radius 2 is 2.12 bits per heavy atom. The first-order valence-electron chi connectivity index (χ1n) is 8.54. The van der Waals surface area contributed by atoms with E-state index in [4.69, 9.17) is 0 Å². The summed E-state index contributed by atoms with van der Waals surface area (Å²) >= 11 is 0. The number of aromatic amines is 1. The molecule has 0 radical (unpaired) electrons. The molecule has 3 rings (SSSR count). The summed E-state index contributed by atoms with van der Waals surface area (Å²) in [6.07, 6.45) is -2.59. The van der Waals surface area contributed by atoms with Crippen LogP contribution >= 0.6 is 0 Å². The maximum atomic E-state index is 12.8. The number of nitrogens with one attached hydrogen (secondary N) is 2. The lowest BCUT2D eigenvalue weighted by atomic mass is 10.1. The molecule has 0 bridgehead atoms. The van der Waals surface area contributed by atoms with Crippen LogP contribution in [0.3, 0.4) is 0 Å². The van der Waals surface area contributed by atoms with Crippen LogP contribution in [0.15, 0.2) is 30.3 Å². The van der Waals surface area contributed by atoms with E-state index in [1.54, 1.807) is 4.90 Å². The van der Waals surface area contributed by atoms with Gasteiger partial charge in [-0.3, -0.25) is 9.89 Å².